The summed E-state index contributed by atoms with van der Waals surface area (Å²) in [4.78, 5) is 12.0. The number of para-hydroxylation sites is 2. The molecule has 0 amide bonds. The Balaban J connectivity index is 1.86. The zero-order chi connectivity index (χ0) is 20.8. The summed E-state index contributed by atoms with van der Waals surface area (Å²) >= 11 is 0. The number of ether oxygens (including phenoxy) is 2. The van der Waals surface area contributed by atoms with Gasteiger partial charge in [0.15, 0.2) is 0 Å². The minimum atomic E-state index is -0.606. The first kappa shape index (κ1) is 20.2. The Morgan fingerprint density at radius 3 is 2.55 bits per heavy atom. The molecule has 148 valence electrons. The first-order valence-electron chi connectivity index (χ1n) is 9.61. The summed E-state index contributed by atoms with van der Waals surface area (Å²) in [6.45, 7) is 7.17. The van der Waals surface area contributed by atoms with Crippen molar-refractivity contribution in [2.75, 3.05) is 13.2 Å². The van der Waals surface area contributed by atoms with E-state index in [4.69, 9.17) is 9.47 Å². The van der Waals surface area contributed by atoms with Crippen molar-refractivity contribution < 1.29 is 14.3 Å². The van der Waals surface area contributed by atoms with Crippen LogP contribution in [0.4, 0.5) is 0 Å². The molecule has 0 atom stereocenters. The molecule has 0 fully saturated rings. The quantitative estimate of drug-likeness (QED) is 0.331. The summed E-state index contributed by atoms with van der Waals surface area (Å²) in [5.41, 5.74) is 4.03. The highest BCUT2D eigenvalue weighted by atomic mass is 16.5. The second kappa shape index (κ2) is 9.11. The monoisotopic (exact) mass is 388 g/mol. The van der Waals surface area contributed by atoms with Crippen LogP contribution in [0.5, 0.6) is 5.75 Å². The van der Waals surface area contributed by atoms with Crippen molar-refractivity contribution in [3.8, 4) is 11.8 Å². The zero-order valence-corrected chi connectivity index (χ0v) is 16.9. The predicted molar refractivity (Wildman–Crippen MR) is 114 cm³/mol. The SMILES string of the molecule is CCOC(=O)/C(C#N)=C/c1cn(CCOc2c(C)cccc2C)c2ccccc12. The Hall–Kier alpha value is -3.52. The molecule has 0 saturated carbocycles. The molecular formula is C24H24N2O3. The van der Waals surface area contributed by atoms with Crippen molar-refractivity contribution in [2.45, 2.75) is 27.3 Å². The number of esters is 1. The molecular weight excluding hydrogens is 364 g/mol. The second-order valence-electron chi connectivity index (χ2n) is 6.75. The fourth-order valence-electron chi connectivity index (χ4n) is 3.35. The molecule has 5 heteroatoms. The van der Waals surface area contributed by atoms with E-state index < -0.39 is 5.97 Å². The van der Waals surface area contributed by atoms with Crippen LogP contribution in [-0.4, -0.2) is 23.8 Å². The molecule has 2 aromatic carbocycles. The minimum absolute atomic E-state index is 0.0125. The number of nitrogens with zero attached hydrogens (tertiary/aromatic N) is 2. The van der Waals surface area contributed by atoms with Gasteiger partial charge in [-0.2, -0.15) is 5.26 Å². The van der Waals surface area contributed by atoms with Crippen molar-refractivity contribution in [1.82, 2.24) is 4.57 Å². The van der Waals surface area contributed by atoms with E-state index in [1.165, 1.54) is 0 Å². The van der Waals surface area contributed by atoms with Gasteiger partial charge in [0.2, 0.25) is 0 Å². The number of aryl methyl sites for hydroxylation is 2. The van der Waals surface area contributed by atoms with Gasteiger partial charge in [0.1, 0.15) is 24.0 Å². The van der Waals surface area contributed by atoms with Crippen molar-refractivity contribution in [3.63, 3.8) is 0 Å². The second-order valence-corrected chi connectivity index (χ2v) is 6.75. The van der Waals surface area contributed by atoms with Gasteiger partial charge in [-0.1, -0.05) is 36.4 Å². The number of carbonyl (C=O) groups excluding carboxylic acids is 1. The van der Waals surface area contributed by atoms with Gasteiger partial charge in [0.25, 0.3) is 0 Å². The third-order valence-corrected chi connectivity index (χ3v) is 4.72. The Bertz CT molecular complexity index is 1080. The van der Waals surface area contributed by atoms with E-state index in [9.17, 15) is 10.1 Å². The molecule has 29 heavy (non-hydrogen) atoms. The number of fused-ring (bicyclic) bond motifs is 1. The fourth-order valence-corrected chi connectivity index (χ4v) is 3.35. The summed E-state index contributed by atoms with van der Waals surface area (Å²) in [5, 5.41) is 10.3. The molecule has 5 nitrogen and oxygen atoms in total. The molecule has 3 aromatic rings. The van der Waals surface area contributed by atoms with Gasteiger partial charge in [-0.15, -0.1) is 0 Å². The number of nitriles is 1. The van der Waals surface area contributed by atoms with E-state index in [0.717, 1.165) is 33.3 Å². The van der Waals surface area contributed by atoms with Gasteiger partial charge < -0.3 is 14.0 Å². The van der Waals surface area contributed by atoms with E-state index in [-0.39, 0.29) is 12.2 Å². The molecule has 0 spiro atoms. The van der Waals surface area contributed by atoms with Crippen LogP contribution in [0.25, 0.3) is 17.0 Å². The summed E-state index contributed by atoms with van der Waals surface area (Å²) in [6.07, 6.45) is 3.53. The molecule has 1 heterocycles. The third kappa shape index (κ3) is 4.49. The number of aromatic nitrogens is 1. The Kier molecular flexibility index (Phi) is 6.36. The topological polar surface area (TPSA) is 64.2 Å². The average Bonchev–Trinajstić information content (AvgIpc) is 3.06. The number of carbonyl (C=O) groups is 1. The minimum Gasteiger partial charge on any atom is -0.491 e. The highest BCUT2D eigenvalue weighted by Crippen LogP contribution is 2.25. The van der Waals surface area contributed by atoms with Crippen LogP contribution in [0.1, 0.15) is 23.6 Å². The summed E-state index contributed by atoms with van der Waals surface area (Å²) in [6, 6.07) is 15.9. The lowest BCUT2D eigenvalue weighted by Gasteiger charge is -2.12. The number of benzene rings is 2. The van der Waals surface area contributed by atoms with Gasteiger partial charge >= 0.3 is 5.97 Å². The van der Waals surface area contributed by atoms with Crippen molar-refractivity contribution in [3.05, 3.63) is 70.9 Å². The molecule has 0 saturated heterocycles. The van der Waals surface area contributed by atoms with E-state index in [0.29, 0.717) is 13.2 Å². The fraction of sp³-hybridized carbons (Fsp3) is 0.250. The first-order valence-corrected chi connectivity index (χ1v) is 9.61. The van der Waals surface area contributed by atoms with Crippen LogP contribution in [0.15, 0.2) is 54.2 Å². The van der Waals surface area contributed by atoms with E-state index in [1.807, 2.05) is 68.6 Å². The Morgan fingerprint density at radius 1 is 1.14 bits per heavy atom. The molecule has 0 aliphatic heterocycles. The average molecular weight is 388 g/mol. The maximum Gasteiger partial charge on any atom is 0.348 e. The molecule has 0 radical (unpaired) electrons. The van der Waals surface area contributed by atoms with Gasteiger partial charge in [-0.05, 0) is 44.0 Å². The standard InChI is InChI=1S/C24H24N2O3/c1-4-28-24(27)19(15-25)14-20-16-26(22-11-6-5-10-21(20)22)12-13-29-23-17(2)8-7-9-18(23)3/h5-11,14,16H,4,12-13H2,1-3H3/b19-14+. The predicted octanol–water partition coefficient (Wildman–Crippen LogP) is 4.81. The van der Waals surface area contributed by atoms with Crippen LogP contribution < -0.4 is 4.74 Å². The summed E-state index contributed by atoms with van der Waals surface area (Å²) in [7, 11) is 0. The molecule has 0 N–H and O–H groups in total. The lowest BCUT2D eigenvalue weighted by atomic mass is 10.1. The van der Waals surface area contributed by atoms with Gasteiger partial charge in [0, 0.05) is 22.7 Å². The maximum absolute atomic E-state index is 12.0. The van der Waals surface area contributed by atoms with Gasteiger partial charge in [-0.3, -0.25) is 0 Å². The normalized spacial score (nSPS) is 11.3. The van der Waals surface area contributed by atoms with Crippen molar-refractivity contribution in [1.29, 1.82) is 5.26 Å². The summed E-state index contributed by atoms with van der Waals surface area (Å²) < 4.78 is 13.1. The maximum atomic E-state index is 12.0. The lowest BCUT2D eigenvalue weighted by molar-refractivity contribution is -0.137. The lowest BCUT2D eigenvalue weighted by Crippen LogP contribution is -2.08. The van der Waals surface area contributed by atoms with E-state index in [2.05, 4.69) is 4.57 Å². The van der Waals surface area contributed by atoms with Crippen molar-refractivity contribution >= 4 is 22.9 Å². The third-order valence-electron chi connectivity index (χ3n) is 4.72. The number of hydrogen-bond acceptors (Lipinski definition) is 4. The molecule has 3 rings (SSSR count). The zero-order valence-electron chi connectivity index (χ0n) is 16.9. The molecule has 0 aliphatic rings. The van der Waals surface area contributed by atoms with E-state index in [1.54, 1.807) is 13.0 Å². The van der Waals surface area contributed by atoms with Crippen LogP contribution in [0, 0.1) is 25.2 Å². The summed E-state index contributed by atoms with van der Waals surface area (Å²) in [5.74, 6) is 0.309. The van der Waals surface area contributed by atoms with Gasteiger partial charge in [-0.25, -0.2) is 4.79 Å². The van der Waals surface area contributed by atoms with Crippen LogP contribution in [0.3, 0.4) is 0 Å². The number of rotatable bonds is 7. The molecule has 0 aliphatic carbocycles. The Morgan fingerprint density at radius 2 is 1.86 bits per heavy atom. The highest BCUT2D eigenvalue weighted by Gasteiger charge is 2.13. The molecule has 0 unspecified atom stereocenters. The number of hydrogen-bond donors (Lipinski definition) is 0. The Labute approximate surface area is 170 Å². The first-order chi connectivity index (χ1) is 14.0. The van der Waals surface area contributed by atoms with E-state index >= 15 is 0 Å². The van der Waals surface area contributed by atoms with Crippen molar-refractivity contribution in [2.24, 2.45) is 0 Å². The van der Waals surface area contributed by atoms with Crippen LogP contribution >= 0.6 is 0 Å². The molecule has 1 aromatic heterocycles. The smallest absolute Gasteiger partial charge is 0.348 e. The molecule has 0 bridgehead atoms. The largest absolute Gasteiger partial charge is 0.491 e. The van der Waals surface area contributed by atoms with Gasteiger partial charge in [0.05, 0.1) is 13.2 Å². The van der Waals surface area contributed by atoms with Crippen LogP contribution in [-0.2, 0) is 16.1 Å². The highest BCUT2D eigenvalue weighted by molar-refractivity contribution is 6.01. The van der Waals surface area contributed by atoms with Crippen LogP contribution in [0.2, 0.25) is 0 Å².